The van der Waals surface area contributed by atoms with Gasteiger partial charge in [0.05, 0.1) is 5.41 Å². The van der Waals surface area contributed by atoms with Gasteiger partial charge in [-0.15, -0.1) is 0 Å². The second kappa shape index (κ2) is 4.71. The molecule has 1 aliphatic rings. The molecule has 2 aromatic carbocycles. The van der Waals surface area contributed by atoms with Crippen LogP contribution >= 0.6 is 0 Å². The highest BCUT2D eigenvalue weighted by Crippen LogP contribution is 2.46. The third-order valence-electron chi connectivity index (χ3n) is 4.10. The number of Topliss-reactive ketones (excluding diaryl/α,β-unsaturated/α-hetero) is 1. The van der Waals surface area contributed by atoms with Gasteiger partial charge >= 0.3 is 0 Å². The molecule has 0 spiro atoms. The zero-order valence-corrected chi connectivity index (χ0v) is 11.4. The molecule has 20 heavy (non-hydrogen) atoms. The number of hydrogen-bond acceptors (Lipinski definition) is 2. The smallest absolute Gasteiger partial charge is 0.159 e. The largest absolute Gasteiger partial charge is 0.302 e. The van der Waals surface area contributed by atoms with Gasteiger partial charge in [0.1, 0.15) is 6.29 Å². The minimum Gasteiger partial charge on any atom is -0.302 e. The van der Waals surface area contributed by atoms with Crippen LogP contribution in [-0.4, -0.2) is 12.1 Å². The lowest BCUT2D eigenvalue weighted by atomic mass is 9.94. The highest BCUT2D eigenvalue weighted by atomic mass is 16.1. The molecule has 0 aliphatic heterocycles. The van der Waals surface area contributed by atoms with E-state index in [1.54, 1.807) is 6.92 Å². The van der Waals surface area contributed by atoms with Crippen molar-refractivity contribution in [1.29, 1.82) is 0 Å². The summed E-state index contributed by atoms with van der Waals surface area (Å²) in [5.41, 5.74) is 3.81. The molecule has 1 saturated carbocycles. The van der Waals surface area contributed by atoms with Crippen molar-refractivity contribution in [3.8, 4) is 11.1 Å². The quantitative estimate of drug-likeness (QED) is 0.622. The molecule has 0 saturated heterocycles. The molecule has 1 aliphatic carbocycles. The molecule has 100 valence electrons. The normalized spacial score (nSPS) is 15.7. The van der Waals surface area contributed by atoms with Gasteiger partial charge in [-0.2, -0.15) is 0 Å². The van der Waals surface area contributed by atoms with E-state index >= 15 is 0 Å². The molecule has 1 fully saturated rings. The van der Waals surface area contributed by atoms with Gasteiger partial charge in [0.25, 0.3) is 0 Å². The van der Waals surface area contributed by atoms with Crippen LogP contribution < -0.4 is 0 Å². The SMILES string of the molecule is CC(=O)c1ccc(-c2ccc(C3(C=O)CC3)cc2)cc1. The van der Waals surface area contributed by atoms with Gasteiger partial charge < -0.3 is 4.79 Å². The van der Waals surface area contributed by atoms with Crippen molar-refractivity contribution in [3.05, 3.63) is 59.7 Å². The van der Waals surface area contributed by atoms with Gasteiger partial charge in [-0.05, 0) is 36.5 Å². The Morgan fingerprint density at radius 2 is 1.45 bits per heavy atom. The summed E-state index contributed by atoms with van der Waals surface area (Å²) in [6.45, 7) is 1.57. The maximum atomic E-state index is 11.3. The summed E-state index contributed by atoms with van der Waals surface area (Å²) in [5, 5.41) is 0. The molecule has 2 nitrogen and oxygen atoms in total. The third kappa shape index (κ3) is 2.18. The topological polar surface area (TPSA) is 34.1 Å². The van der Waals surface area contributed by atoms with Crippen LogP contribution in [0.3, 0.4) is 0 Å². The molecule has 0 heterocycles. The van der Waals surface area contributed by atoms with Crippen LogP contribution in [0.2, 0.25) is 0 Å². The molecule has 0 radical (unpaired) electrons. The van der Waals surface area contributed by atoms with Gasteiger partial charge in [0, 0.05) is 5.56 Å². The number of benzene rings is 2. The Labute approximate surface area is 118 Å². The monoisotopic (exact) mass is 264 g/mol. The number of aldehydes is 1. The van der Waals surface area contributed by atoms with E-state index in [1.165, 1.54) is 0 Å². The maximum absolute atomic E-state index is 11.3. The third-order valence-corrected chi connectivity index (χ3v) is 4.10. The van der Waals surface area contributed by atoms with Crippen LogP contribution in [0, 0.1) is 0 Å². The molecule has 0 N–H and O–H groups in total. The van der Waals surface area contributed by atoms with Crippen LogP contribution in [0.25, 0.3) is 11.1 Å². The number of rotatable bonds is 4. The zero-order valence-electron chi connectivity index (χ0n) is 11.4. The summed E-state index contributed by atoms with van der Waals surface area (Å²) in [5.74, 6) is 0.0774. The Morgan fingerprint density at radius 3 is 1.85 bits per heavy atom. The predicted molar refractivity (Wildman–Crippen MR) is 78.9 cm³/mol. The second-order valence-corrected chi connectivity index (χ2v) is 5.48. The van der Waals surface area contributed by atoms with Crippen molar-refractivity contribution < 1.29 is 9.59 Å². The number of hydrogen-bond donors (Lipinski definition) is 0. The molecular weight excluding hydrogens is 248 g/mol. The average Bonchev–Trinajstić information content (AvgIpc) is 3.29. The van der Waals surface area contributed by atoms with E-state index in [0.717, 1.165) is 41.4 Å². The minimum atomic E-state index is -0.211. The van der Waals surface area contributed by atoms with Gasteiger partial charge in [0.2, 0.25) is 0 Å². The van der Waals surface area contributed by atoms with Crippen molar-refractivity contribution >= 4 is 12.1 Å². The Balaban J connectivity index is 1.87. The summed E-state index contributed by atoms with van der Waals surface area (Å²) in [6, 6.07) is 15.8. The Bertz CT molecular complexity index is 647. The summed E-state index contributed by atoms with van der Waals surface area (Å²) >= 11 is 0. The van der Waals surface area contributed by atoms with Crippen molar-refractivity contribution in [2.45, 2.75) is 25.2 Å². The standard InChI is InChI=1S/C18H16O2/c1-13(20)14-2-4-15(5-3-14)16-6-8-17(9-7-16)18(12-19)10-11-18/h2-9,12H,10-11H2,1H3. The van der Waals surface area contributed by atoms with E-state index < -0.39 is 0 Å². The van der Waals surface area contributed by atoms with Crippen LogP contribution in [0.1, 0.15) is 35.7 Å². The first-order valence-electron chi connectivity index (χ1n) is 6.83. The summed E-state index contributed by atoms with van der Waals surface area (Å²) in [6.07, 6.45) is 3.00. The highest BCUT2D eigenvalue weighted by molar-refractivity contribution is 5.94. The van der Waals surface area contributed by atoms with Gasteiger partial charge in [-0.25, -0.2) is 0 Å². The Morgan fingerprint density at radius 1 is 0.950 bits per heavy atom. The fourth-order valence-electron chi connectivity index (χ4n) is 2.50. The molecule has 0 bridgehead atoms. The summed E-state index contributed by atoms with van der Waals surface area (Å²) in [4.78, 5) is 22.4. The first-order valence-corrected chi connectivity index (χ1v) is 6.83. The number of ketones is 1. The molecule has 0 aromatic heterocycles. The zero-order chi connectivity index (χ0) is 14.2. The summed E-state index contributed by atoms with van der Waals surface area (Å²) < 4.78 is 0. The predicted octanol–water partition coefficient (Wildman–Crippen LogP) is 3.79. The first-order chi connectivity index (χ1) is 9.64. The molecule has 0 amide bonds. The van der Waals surface area contributed by atoms with Crippen LogP contribution in [0.4, 0.5) is 0 Å². The van der Waals surface area contributed by atoms with E-state index in [0.29, 0.717) is 0 Å². The highest BCUT2D eigenvalue weighted by Gasteiger charge is 2.44. The van der Waals surface area contributed by atoms with E-state index in [4.69, 9.17) is 0 Å². The minimum absolute atomic E-state index is 0.0774. The van der Waals surface area contributed by atoms with Crippen LogP contribution in [-0.2, 0) is 10.2 Å². The van der Waals surface area contributed by atoms with Crippen molar-refractivity contribution in [1.82, 2.24) is 0 Å². The lowest BCUT2D eigenvalue weighted by Crippen LogP contribution is -2.07. The number of carbonyl (C=O) groups is 2. The first kappa shape index (κ1) is 12.8. The number of carbonyl (C=O) groups excluding carboxylic acids is 2. The van der Waals surface area contributed by atoms with E-state index in [2.05, 4.69) is 0 Å². The Kier molecular flexibility index (Phi) is 3.01. The van der Waals surface area contributed by atoms with Crippen LogP contribution in [0.15, 0.2) is 48.5 Å². The van der Waals surface area contributed by atoms with E-state index in [9.17, 15) is 9.59 Å². The second-order valence-electron chi connectivity index (χ2n) is 5.48. The molecule has 2 aromatic rings. The lowest BCUT2D eigenvalue weighted by Gasteiger charge is -2.09. The molecule has 3 rings (SSSR count). The molecule has 2 heteroatoms. The molecule has 0 unspecified atom stereocenters. The Hall–Kier alpha value is -2.22. The van der Waals surface area contributed by atoms with E-state index in [-0.39, 0.29) is 11.2 Å². The lowest BCUT2D eigenvalue weighted by molar-refractivity contribution is -0.109. The fourth-order valence-corrected chi connectivity index (χ4v) is 2.50. The van der Waals surface area contributed by atoms with Crippen molar-refractivity contribution in [3.63, 3.8) is 0 Å². The average molecular weight is 264 g/mol. The van der Waals surface area contributed by atoms with Crippen molar-refractivity contribution in [2.75, 3.05) is 0 Å². The van der Waals surface area contributed by atoms with E-state index in [1.807, 2.05) is 48.5 Å². The van der Waals surface area contributed by atoms with Gasteiger partial charge in [0.15, 0.2) is 5.78 Å². The van der Waals surface area contributed by atoms with Gasteiger partial charge in [-0.1, -0.05) is 48.5 Å². The maximum Gasteiger partial charge on any atom is 0.159 e. The van der Waals surface area contributed by atoms with Crippen molar-refractivity contribution in [2.24, 2.45) is 0 Å². The molecule has 0 atom stereocenters. The van der Waals surface area contributed by atoms with Gasteiger partial charge in [-0.3, -0.25) is 4.79 Å². The fraction of sp³-hybridized carbons (Fsp3) is 0.222. The summed E-state index contributed by atoms with van der Waals surface area (Å²) in [7, 11) is 0. The molecular formula is C18H16O2. The van der Waals surface area contributed by atoms with Crippen LogP contribution in [0.5, 0.6) is 0 Å².